The summed E-state index contributed by atoms with van der Waals surface area (Å²) in [5.41, 5.74) is 1.04. The van der Waals surface area contributed by atoms with E-state index >= 15 is 0 Å². The highest BCUT2D eigenvalue weighted by atomic mass is 79.9. The average molecular weight is 258 g/mol. The van der Waals surface area contributed by atoms with E-state index in [4.69, 9.17) is 0 Å². The van der Waals surface area contributed by atoms with Crippen LogP contribution in [-0.4, -0.2) is 12.6 Å². The van der Waals surface area contributed by atoms with E-state index < -0.39 is 0 Å². The quantitative estimate of drug-likeness (QED) is 0.875. The highest BCUT2D eigenvalue weighted by molar-refractivity contribution is 9.10. The minimum absolute atomic E-state index is 0.172. The van der Waals surface area contributed by atoms with Gasteiger partial charge in [-0.05, 0) is 53.4 Å². The van der Waals surface area contributed by atoms with Gasteiger partial charge in [-0.1, -0.05) is 12.1 Å². The normalized spacial score (nSPS) is 15.9. The molecule has 1 aliphatic rings. The van der Waals surface area contributed by atoms with Gasteiger partial charge in [0.1, 0.15) is 5.82 Å². The molecule has 0 saturated heterocycles. The second kappa shape index (κ2) is 4.41. The SMILES string of the molecule is Fc1cccc(CCNC2CC2)c1Br. The number of halogens is 2. The molecule has 0 bridgehead atoms. The van der Waals surface area contributed by atoms with Crippen LogP contribution in [0.1, 0.15) is 18.4 Å². The monoisotopic (exact) mass is 257 g/mol. The van der Waals surface area contributed by atoms with Crippen LogP contribution in [0.3, 0.4) is 0 Å². The van der Waals surface area contributed by atoms with Crippen molar-refractivity contribution in [3.63, 3.8) is 0 Å². The van der Waals surface area contributed by atoms with Crippen LogP contribution in [0.15, 0.2) is 22.7 Å². The Morgan fingerprint density at radius 2 is 2.21 bits per heavy atom. The maximum absolute atomic E-state index is 13.1. The minimum atomic E-state index is -0.172. The zero-order valence-corrected chi connectivity index (χ0v) is 9.48. The molecule has 0 aromatic heterocycles. The second-order valence-corrected chi connectivity index (χ2v) is 4.48. The molecule has 1 aromatic rings. The van der Waals surface area contributed by atoms with E-state index in [1.165, 1.54) is 18.9 Å². The summed E-state index contributed by atoms with van der Waals surface area (Å²) in [5.74, 6) is -0.172. The highest BCUT2D eigenvalue weighted by Gasteiger charge is 2.19. The van der Waals surface area contributed by atoms with Gasteiger partial charge < -0.3 is 5.32 Å². The number of nitrogens with one attached hydrogen (secondary N) is 1. The Labute approximate surface area is 91.8 Å². The van der Waals surface area contributed by atoms with Crippen molar-refractivity contribution in [3.8, 4) is 0 Å². The van der Waals surface area contributed by atoms with Gasteiger partial charge in [-0.3, -0.25) is 0 Å². The van der Waals surface area contributed by atoms with Gasteiger partial charge in [0.15, 0.2) is 0 Å². The fourth-order valence-electron chi connectivity index (χ4n) is 1.44. The molecule has 0 aliphatic heterocycles. The van der Waals surface area contributed by atoms with Crippen molar-refractivity contribution < 1.29 is 4.39 Å². The summed E-state index contributed by atoms with van der Waals surface area (Å²) in [5, 5.41) is 3.41. The van der Waals surface area contributed by atoms with Gasteiger partial charge in [0.25, 0.3) is 0 Å². The summed E-state index contributed by atoms with van der Waals surface area (Å²) in [4.78, 5) is 0. The smallest absolute Gasteiger partial charge is 0.137 e. The predicted octanol–water partition coefficient (Wildman–Crippen LogP) is 2.88. The van der Waals surface area contributed by atoms with Gasteiger partial charge in [-0.25, -0.2) is 4.39 Å². The third kappa shape index (κ3) is 2.55. The lowest BCUT2D eigenvalue weighted by Gasteiger charge is -2.05. The fourth-order valence-corrected chi connectivity index (χ4v) is 1.90. The van der Waals surface area contributed by atoms with E-state index in [2.05, 4.69) is 21.2 Å². The Bertz CT molecular complexity index is 323. The minimum Gasteiger partial charge on any atom is -0.314 e. The van der Waals surface area contributed by atoms with Crippen molar-refractivity contribution >= 4 is 15.9 Å². The molecule has 1 nitrogen and oxygen atoms in total. The largest absolute Gasteiger partial charge is 0.314 e. The van der Waals surface area contributed by atoms with E-state index in [1.54, 1.807) is 6.07 Å². The molecule has 76 valence electrons. The molecule has 0 radical (unpaired) electrons. The molecular formula is C11H13BrFN. The molecule has 2 rings (SSSR count). The molecule has 3 heteroatoms. The summed E-state index contributed by atoms with van der Waals surface area (Å²) in [7, 11) is 0. The maximum Gasteiger partial charge on any atom is 0.137 e. The average Bonchev–Trinajstić information content (AvgIpc) is 2.96. The van der Waals surface area contributed by atoms with Crippen LogP contribution in [0.2, 0.25) is 0 Å². The van der Waals surface area contributed by atoms with Crippen LogP contribution >= 0.6 is 15.9 Å². The van der Waals surface area contributed by atoms with Crippen molar-refractivity contribution in [1.29, 1.82) is 0 Å². The third-order valence-corrected chi connectivity index (χ3v) is 3.32. The molecule has 0 unspecified atom stereocenters. The van der Waals surface area contributed by atoms with Crippen LogP contribution in [0.25, 0.3) is 0 Å². The van der Waals surface area contributed by atoms with Gasteiger partial charge in [-0.15, -0.1) is 0 Å². The van der Waals surface area contributed by atoms with E-state index in [0.717, 1.165) is 24.6 Å². The maximum atomic E-state index is 13.1. The van der Waals surface area contributed by atoms with Gasteiger partial charge in [0.2, 0.25) is 0 Å². The number of benzene rings is 1. The summed E-state index contributed by atoms with van der Waals surface area (Å²) in [6.07, 6.45) is 3.48. The lowest BCUT2D eigenvalue weighted by molar-refractivity contribution is 0.615. The van der Waals surface area contributed by atoms with Gasteiger partial charge in [0, 0.05) is 6.04 Å². The lowest BCUT2D eigenvalue weighted by atomic mass is 10.1. The van der Waals surface area contributed by atoms with Gasteiger partial charge >= 0.3 is 0 Å². The van der Waals surface area contributed by atoms with Gasteiger partial charge in [0.05, 0.1) is 4.47 Å². The van der Waals surface area contributed by atoms with Crippen LogP contribution < -0.4 is 5.32 Å². The first-order chi connectivity index (χ1) is 6.77. The summed E-state index contributed by atoms with van der Waals surface area (Å²) in [6.45, 7) is 0.937. The number of rotatable bonds is 4. The molecule has 1 saturated carbocycles. The topological polar surface area (TPSA) is 12.0 Å². The second-order valence-electron chi connectivity index (χ2n) is 3.69. The van der Waals surface area contributed by atoms with E-state index in [9.17, 15) is 4.39 Å². The predicted molar refractivity (Wildman–Crippen MR) is 58.8 cm³/mol. The molecule has 1 aromatic carbocycles. The van der Waals surface area contributed by atoms with Crippen molar-refractivity contribution in [2.24, 2.45) is 0 Å². The fraction of sp³-hybridized carbons (Fsp3) is 0.455. The van der Waals surface area contributed by atoms with Gasteiger partial charge in [-0.2, -0.15) is 0 Å². The Morgan fingerprint density at radius 1 is 1.43 bits per heavy atom. The Morgan fingerprint density at radius 3 is 2.93 bits per heavy atom. The molecule has 1 aliphatic carbocycles. The van der Waals surface area contributed by atoms with Crippen molar-refractivity contribution in [2.45, 2.75) is 25.3 Å². The zero-order chi connectivity index (χ0) is 9.97. The van der Waals surface area contributed by atoms with Crippen LogP contribution in [0.4, 0.5) is 4.39 Å². The number of hydrogen-bond donors (Lipinski definition) is 1. The molecule has 0 heterocycles. The zero-order valence-electron chi connectivity index (χ0n) is 7.89. The highest BCUT2D eigenvalue weighted by Crippen LogP contribution is 2.21. The van der Waals surface area contributed by atoms with E-state index in [1.807, 2.05) is 6.07 Å². The molecule has 1 N–H and O–H groups in total. The Hall–Kier alpha value is -0.410. The van der Waals surface area contributed by atoms with E-state index in [0.29, 0.717) is 4.47 Å². The molecule has 0 spiro atoms. The first-order valence-electron chi connectivity index (χ1n) is 4.93. The van der Waals surface area contributed by atoms with Crippen LogP contribution in [-0.2, 0) is 6.42 Å². The Balaban J connectivity index is 1.90. The summed E-state index contributed by atoms with van der Waals surface area (Å²) >= 11 is 3.26. The molecular weight excluding hydrogens is 245 g/mol. The summed E-state index contributed by atoms with van der Waals surface area (Å²) < 4.78 is 13.7. The van der Waals surface area contributed by atoms with Crippen molar-refractivity contribution in [2.75, 3.05) is 6.54 Å². The first kappa shape index (κ1) is 10.1. The molecule has 14 heavy (non-hydrogen) atoms. The van der Waals surface area contributed by atoms with Crippen molar-refractivity contribution in [3.05, 3.63) is 34.1 Å². The molecule has 0 amide bonds. The Kier molecular flexibility index (Phi) is 3.19. The summed E-state index contributed by atoms with van der Waals surface area (Å²) in [6, 6.07) is 5.92. The first-order valence-corrected chi connectivity index (χ1v) is 5.73. The van der Waals surface area contributed by atoms with Crippen LogP contribution in [0.5, 0.6) is 0 Å². The lowest BCUT2D eigenvalue weighted by Crippen LogP contribution is -2.19. The molecule has 1 fully saturated rings. The number of hydrogen-bond acceptors (Lipinski definition) is 1. The van der Waals surface area contributed by atoms with Crippen LogP contribution in [0, 0.1) is 5.82 Å². The van der Waals surface area contributed by atoms with Crippen molar-refractivity contribution in [1.82, 2.24) is 5.32 Å². The third-order valence-electron chi connectivity index (χ3n) is 2.44. The standard InChI is InChI=1S/C11H13BrFN/c12-11-8(2-1-3-10(11)13)6-7-14-9-4-5-9/h1-3,9,14H,4-7H2. The van der Waals surface area contributed by atoms with E-state index in [-0.39, 0.29) is 5.82 Å². The molecule has 0 atom stereocenters.